The van der Waals surface area contributed by atoms with Gasteiger partial charge in [-0.1, -0.05) is 0 Å². The molecule has 1 aromatic carbocycles. The lowest BCUT2D eigenvalue weighted by Gasteiger charge is -2.40. The summed E-state index contributed by atoms with van der Waals surface area (Å²) in [6.45, 7) is 0. The summed E-state index contributed by atoms with van der Waals surface area (Å²) in [5.41, 5.74) is 5.13. The number of hydrogen-bond acceptors (Lipinski definition) is 5. The second-order valence-electron chi connectivity index (χ2n) is 4.13. The Bertz CT molecular complexity index is 468. The number of halogens is 1. The summed E-state index contributed by atoms with van der Waals surface area (Å²) < 4.78 is 23.9. The zero-order valence-corrected chi connectivity index (χ0v) is 9.71. The third-order valence-corrected chi connectivity index (χ3v) is 2.97. The van der Waals surface area contributed by atoms with Gasteiger partial charge < -0.3 is 15.2 Å². The minimum absolute atomic E-state index is 0.0945. The van der Waals surface area contributed by atoms with Crippen molar-refractivity contribution in [2.45, 2.75) is 24.7 Å². The van der Waals surface area contributed by atoms with Crippen LogP contribution in [0.15, 0.2) is 18.2 Å². The first-order valence-corrected chi connectivity index (χ1v) is 5.42. The Morgan fingerprint density at radius 2 is 2.28 bits per heavy atom. The lowest BCUT2D eigenvalue weighted by Crippen LogP contribution is -2.59. The van der Waals surface area contributed by atoms with Gasteiger partial charge in [0, 0.05) is 31.7 Å². The number of methoxy groups -OCH3 is 1. The molecule has 18 heavy (non-hydrogen) atoms. The Morgan fingerprint density at radius 3 is 2.78 bits per heavy atom. The average molecular weight is 256 g/mol. The van der Waals surface area contributed by atoms with Crippen molar-refractivity contribution in [3.05, 3.63) is 34.1 Å². The van der Waals surface area contributed by atoms with Crippen LogP contribution in [0, 0.1) is 15.9 Å². The molecule has 6 nitrogen and oxygen atoms in total. The SMILES string of the molecule is COC1C(N)CC1Oc1ccc([N+](=O)[O-])c(F)c1. The van der Waals surface area contributed by atoms with E-state index in [1.807, 2.05) is 0 Å². The molecule has 0 spiro atoms. The summed E-state index contributed by atoms with van der Waals surface area (Å²) in [5, 5.41) is 10.5. The van der Waals surface area contributed by atoms with E-state index in [-0.39, 0.29) is 24.0 Å². The van der Waals surface area contributed by atoms with Crippen LogP contribution in [0.25, 0.3) is 0 Å². The molecule has 1 saturated carbocycles. The Hall–Kier alpha value is -1.73. The van der Waals surface area contributed by atoms with Gasteiger partial charge in [0.2, 0.25) is 5.82 Å². The average Bonchev–Trinajstić information content (AvgIpc) is 2.28. The third-order valence-electron chi connectivity index (χ3n) is 2.97. The molecule has 2 N–H and O–H groups in total. The summed E-state index contributed by atoms with van der Waals surface area (Å²) in [6.07, 6.45) is 0.131. The second-order valence-corrected chi connectivity index (χ2v) is 4.13. The number of ether oxygens (including phenoxy) is 2. The zero-order valence-electron chi connectivity index (χ0n) is 9.71. The van der Waals surface area contributed by atoms with E-state index in [0.29, 0.717) is 6.42 Å². The molecule has 0 bridgehead atoms. The van der Waals surface area contributed by atoms with E-state index >= 15 is 0 Å². The number of benzene rings is 1. The molecule has 0 aliphatic heterocycles. The van der Waals surface area contributed by atoms with Crippen molar-refractivity contribution in [1.29, 1.82) is 0 Å². The van der Waals surface area contributed by atoms with E-state index in [0.717, 1.165) is 12.1 Å². The minimum Gasteiger partial charge on any atom is -0.487 e. The van der Waals surface area contributed by atoms with E-state index in [2.05, 4.69) is 0 Å². The van der Waals surface area contributed by atoms with Gasteiger partial charge in [0.25, 0.3) is 0 Å². The quantitative estimate of drug-likeness (QED) is 0.646. The Balaban J connectivity index is 2.07. The Labute approximate surface area is 103 Å². The second kappa shape index (κ2) is 4.87. The molecule has 0 amide bonds. The number of rotatable bonds is 4. The van der Waals surface area contributed by atoms with Crippen LogP contribution in [0.3, 0.4) is 0 Å². The molecule has 3 unspecified atom stereocenters. The maximum absolute atomic E-state index is 13.4. The van der Waals surface area contributed by atoms with Crippen molar-refractivity contribution in [1.82, 2.24) is 0 Å². The topological polar surface area (TPSA) is 87.6 Å². The molecule has 0 radical (unpaired) electrons. The summed E-state index contributed by atoms with van der Waals surface area (Å²) in [6, 6.07) is 3.33. The highest BCUT2D eigenvalue weighted by atomic mass is 19.1. The normalized spacial score (nSPS) is 26.5. The lowest BCUT2D eigenvalue weighted by atomic mass is 9.86. The molecule has 1 aliphatic carbocycles. The third kappa shape index (κ3) is 2.27. The summed E-state index contributed by atoms with van der Waals surface area (Å²) in [7, 11) is 1.52. The van der Waals surface area contributed by atoms with Crippen LogP contribution >= 0.6 is 0 Å². The van der Waals surface area contributed by atoms with Crippen molar-refractivity contribution in [3.8, 4) is 5.75 Å². The highest BCUT2D eigenvalue weighted by Crippen LogP contribution is 2.29. The minimum atomic E-state index is -0.921. The Morgan fingerprint density at radius 1 is 1.56 bits per heavy atom. The van der Waals surface area contributed by atoms with Gasteiger partial charge in [-0.15, -0.1) is 0 Å². The van der Waals surface area contributed by atoms with Gasteiger partial charge in [0.1, 0.15) is 18.0 Å². The van der Waals surface area contributed by atoms with Crippen LogP contribution in [-0.4, -0.2) is 30.3 Å². The molecule has 3 atom stereocenters. The summed E-state index contributed by atoms with van der Waals surface area (Å²) in [4.78, 5) is 9.67. The molecule has 2 rings (SSSR count). The van der Waals surface area contributed by atoms with Crippen molar-refractivity contribution < 1.29 is 18.8 Å². The molecule has 0 heterocycles. The van der Waals surface area contributed by atoms with Gasteiger partial charge in [0.05, 0.1) is 4.92 Å². The Kier molecular flexibility index (Phi) is 3.44. The lowest BCUT2D eigenvalue weighted by molar-refractivity contribution is -0.387. The number of hydrogen-bond donors (Lipinski definition) is 1. The first-order valence-electron chi connectivity index (χ1n) is 5.42. The zero-order chi connectivity index (χ0) is 13.3. The van der Waals surface area contributed by atoms with Gasteiger partial charge >= 0.3 is 5.69 Å². The maximum atomic E-state index is 13.4. The van der Waals surface area contributed by atoms with Crippen LogP contribution in [-0.2, 0) is 4.74 Å². The monoisotopic (exact) mass is 256 g/mol. The van der Waals surface area contributed by atoms with E-state index in [9.17, 15) is 14.5 Å². The number of nitrogens with zero attached hydrogens (tertiary/aromatic N) is 1. The summed E-state index contributed by atoms with van der Waals surface area (Å²) >= 11 is 0. The predicted molar refractivity (Wildman–Crippen MR) is 60.9 cm³/mol. The van der Waals surface area contributed by atoms with Crippen LogP contribution in [0.2, 0.25) is 0 Å². The largest absolute Gasteiger partial charge is 0.487 e. The van der Waals surface area contributed by atoms with Crippen molar-refractivity contribution in [2.24, 2.45) is 5.73 Å². The van der Waals surface area contributed by atoms with Crippen LogP contribution in [0.1, 0.15) is 6.42 Å². The highest BCUT2D eigenvalue weighted by molar-refractivity contribution is 5.38. The van der Waals surface area contributed by atoms with Gasteiger partial charge in [0.15, 0.2) is 0 Å². The molecule has 7 heteroatoms. The highest BCUT2D eigenvalue weighted by Gasteiger charge is 2.41. The van der Waals surface area contributed by atoms with E-state index in [1.165, 1.54) is 13.2 Å². The number of nitro benzene ring substituents is 1. The van der Waals surface area contributed by atoms with Crippen molar-refractivity contribution in [2.75, 3.05) is 7.11 Å². The molecule has 0 aromatic heterocycles. The van der Waals surface area contributed by atoms with Gasteiger partial charge in [-0.25, -0.2) is 0 Å². The number of nitro groups is 1. The molecule has 1 aliphatic rings. The van der Waals surface area contributed by atoms with Crippen LogP contribution in [0.4, 0.5) is 10.1 Å². The smallest absolute Gasteiger partial charge is 0.305 e. The molecule has 98 valence electrons. The fraction of sp³-hybridized carbons (Fsp3) is 0.455. The molecule has 1 fully saturated rings. The molecule has 1 aromatic rings. The molecule has 0 saturated heterocycles. The maximum Gasteiger partial charge on any atom is 0.305 e. The fourth-order valence-corrected chi connectivity index (χ4v) is 1.94. The van der Waals surface area contributed by atoms with Crippen molar-refractivity contribution in [3.63, 3.8) is 0 Å². The molecular weight excluding hydrogens is 243 g/mol. The standard InChI is InChI=1S/C11H13FN2O4/c1-17-11-8(13)5-10(11)18-6-2-3-9(14(15)16)7(12)4-6/h2-4,8,10-11H,5,13H2,1H3. The number of nitrogens with two attached hydrogens (primary N) is 1. The predicted octanol–water partition coefficient (Wildman–Crippen LogP) is 1.23. The van der Waals surface area contributed by atoms with Gasteiger partial charge in [-0.3, -0.25) is 10.1 Å². The van der Waals surface area contributed by atoms with E-state index in [1.54, 1.807) is 0 Å². The first-order chi connectivity index (χ1) is 8.52. The summed E-state index contributed by atoms with van der Waals surface area (Å²) in [5.74, 6) is -0.688. The van der Waals surface area contributed by atoms with E-state index in [4.69, 9.17) is 15.2 Å². The van der Waals surface area contributed by atoms with Crippen LogP contribution < -0.4 is 10.5 Å². The van der Waals surface area contributed by atoms with Gasteiger partial charge in [-0.05, 0) is 6.07 Å². The fourth-order valence-electron chi connectivity index (χ4n) is 1.94. The van der Waals surface area contributed by atoms with E-state index < -0.39 is 16.4 Å². The van der Waals surface area contributed by atoms with Crippen molar-refractivity contribution >= 4 is 5.69 Å². The molecular formula is C11H13FN2O4. The van der Waals surface area contributed by atoms with Gasteiger partial charge in [-0.2, -0.15) is 4.39 Å². The first kappa shape index (κ1) is 12.7. The van der Waals surface area contributed by atoms with Crippen LogP contribution in [0.5, 0.6) is 5.75 Å².